The molecule has 1 aliphatic carbocycles. The zero-order valence-electron chi connectivity index (χ0n) is 20.9. The summed E-state index contributed by atoms with van der Waals surface area (Å²) in [5.74, 6) is -1.07. The Morgan fingerprint density at radius 2 is 2.03 bits per heavy atom. The zero-order valence-corrected chi connectivity index (χ0v) is 21.7. The third kappa shape index (κ3) is 7.09. The first-order valence-corrected chi connectivity index (χ1v) is 12.7. The number of amides is 3. The van der Waals surface area contributed by atoms with E-state index in [0.29, 0.717) is 32.6 Å². The molecule has 0 radical (unpaired) electrons. The van der Waals surface area contributed by atoms with Crippen molar-refractivity contribution < 1.29 is 38.1 Å². The number of epoxide rings is 1. The smallest absolute Gasteiger partial charge is 0.413 e. The molecule has 0 bridgehead atoms. The summed E-state index contributed by atoms with van der Waals surface area (Å²) in [6.07, 6.45) is 2.51. The number of rotatable bonds is 9. The quantitative estimate of drug-likeness (QED) is 0.282. The van der Waals surface area contributed by atoms with E-state index in [4.69, 9.17) is 35.3 Å². The number of ether oxygens (including phenoxy) is 5. The van der Waals surface area contributed by atoms with Gasteiger partial charge in [0.25, 0.3) is 0 Å². The van der Waals surface area contributed by atoms with Crippen molar-refractivity contribution >= 4 is 29.7 Å². The number of imide groups is 1. The van der Waals surface area contributed by atoms with E-state index in [1.54, 1.807) is 12.0 Å². The van der Waals surface area contributed by atoms with Gasteiger partial charge in [-0.05, 0) is 46.5 Å². The minimum atomic E-state index is -0.887. The summed E-state index contributed by atoms with van der Waals surface area (Å²) in [7, 11) is 1.62. The highest BCUT2D eigenvalue weighted by Crippen LogP contribution is 2.49. The van der Waals surface area contributed by atoms with Gasteiger partial charge in [0.2, 0.25) is 5.91 Å². The molecule has 1 N–H and O–H groups in total. The second kappa shape index (κ2) is 12.4. The average molecular weight is 517 g/mol. The molecular weight excluding hydrogens is 480 g/mol. The Hall–Kier alpha value is -1.88. The first-order chi connectivity index (χ1) is 16.7. The van der Waals surface area contributed by atoms with Gasteiger partial charge in [-0.3, -0.25) is 10.1 Å². The molecule has 2 heterocycles. The van der Waals surface area contributed by atoms with Crippen LogP contribution in [0, 0.1) is 5.92 Å². The zero-order chi connectivity index (χ0) is 25.6. The number of alkyl carbamates (subject to hydrolysis) is 1. The van der Waals surface area contributed by atoms with E-state index in [0.717, 1.165) is 12.8 Å². The van der Waals surface area contributed by atoms with Crippen LogP contribution in [0.5, 0.6) is 0 Å². The second-order valence-corrected chi connectivity index (χ2v) is 9.90. The van der Waals surface area contributed by atoms with Gasteiger partial charge in [-0.2, -0.15) is 0 Å². The van der Waals surface area contributed by atoms with Crippen LogP contribution in [0.2, 0.25) is 0 Å². The van der Waals surface area contributed by atoms with Gasteiger partial charge < -0.3 is 28.6 Å². The van der Waals surface area contributed by atoms with Crippen molar-refractivity contribution in [1.82, 2.24) is 10.2 Å². The Morgan fingerprint density at radius 1 is 1.29 bits per heavy atom. The first-order valence-electron chi connectivity index (χ1n) is 12.1. The van der Waals surface area contributed by atoms with Gasteiger partial charge in [-0.1, -0.05) is 11.6 Å². The van der Waals surface area contributed by atoms with Gasteiger partial charge in [0.05, 0.1) is 31.0 Å². The largest absolute Gasteiger partial charge is 0.447 e. The SMILES string of the molecule is COC1C(OC(=O)N2CCC[C@H]2COC(=O)NC(=O)CCl)CC[C@]2(CO2)C1[C@H](C)OCC=C(C)C. The van der Waals surface area contributed by atoms with E-state index in [9.17, 15) is 14.4 Å². The molecule has 3 amide bonds. The Kier molecular flexibility index (Phi) is 9.80. The fourth-order valence-corrected chi connectivity index (χ4v) is 5.14. The average Bonchev–Trinajstić information content (AvgIpc) is 3.42. The van der Waals surface area contributed by atoms with E-state index in [1.165, 1.54) is 5.57 Å². The maximum atomic E-state index is 13.1. The maximum absolute atomic E-state index is 13.1. The maximum Gasteiger partial charge on any atom is 0.413 e. The van der Waals surface area contributed by atoms with E-state index >= 15 is 0 Å². The van der Waals surface area contributed by atoms with Crippen LogP contribution in [0.25, 0.3) is 0 Å². The van der Waals surface area contributed by atoms with Gasteiger partial charge in [-0.25, -0.2) is 9.59 Å². The van der Waals surface area contributed by atoms with E-state index < -0.39 is 24.2 Å². The van der Waals surface area contributed by atoms with Gasteiger partial charge in [0.15, 0.2) is 0 Å². The van der Waals surface area contributed by atoms with E-state index in [1.807, 2.05) is 32.2 Å². The molecule has 198 valence electrons. The number of allylic oxidation sites excluding steroid dienone is 1. The molecule has 0 aromatic heterocycles. The molecule has 0 aromatic carbocycles. The molecule has 3 rings (SSSR count). The molecule has 35 heavy (non-hydrogen) atoms. The second-order valence-electron chi connectivity index (χ2n) is 9.63. The monoisotopic (exact) mass is 516 g/mol. The van der Waals surface area contributed by atoms with Crippen molar-refractivity contribution in [1.29, 1.82) is 0 Å². The topological polar surface area (TPSA) is 116 Å². The Balaban J connectivity index is 1.59. The highest BCUT2D eigenvalue weighted by Gasteiger charge is 2.61. The molecular formula is C24H37ClN2O8. The molecule has 3 aliphatic rings. The number of methoxy groups -OCH3 is 1. The minimum Gasteiger partial charge on any atom is -0.447 e. The fourth-order valence-electron chi connectivity index (χ4n) is 5.07. The molecule has 10 nitrogen and oxygen atoms in total. The number of nitrogens with one attached hydrogen (secondary N) is 1. The van der Waals surface area contributed by atoms with E-state index in [-0.39, 0.29) is 42.3 Å². The standard InChI is InChI=1S/C24H37ClN2O8/c1-15(2)8-11-32-16(3)20-21(31-4)18(7-9-24(20)14-34-24)35-23(30)27-10-5-6-17(27)13-33-22(29)26-19(28)12-25/h8,16-18,20-21H,5-7,9-14H2,1-4H3,(H,26,28,29)/t16-,17-,18?,20?,21?,24-/m0/s1. The molecule has 3 fully saturated rings. The predicted molar refractivity (Wildman–Crippen MR) is 127 cm³/mol. The summed E-state index contributed by atoms with van der Waals surface area (Å²) < 4.78 is 28.9. The summed E-state index contributed by atoms with van der Waals surface area (Å²) in [6, 6.07) is -0.329. The number of likely N-dealkylation sites (tertiary alicyclic amines) is 1. The lowest BCUT2D eigenvalue weighted by molar-refractivity contribution is -0.141. The van der Waals surface area contributed by atoms with Crippen LogP contribution >= 0.6 is 11.6 Å². The Labute approximate surface area is 211 Å². The fraction of sp³-hybridized carbons (Fsp3) is 0.792. The molecule has 2 saturated heterocycles. The normalized spacial score (nSPS) is 30.5. The number of carbonyl (C=O) groups is 3. The Bertz CT molecular complexity index is 798. The molecule has 1 spiro atoms. The summed E-state index contributed by atoms with van der Waals surface area (Å²) in [4.78, 5) is 37.6. The van der Waals surface area contributed by atoms with Crippen molar-refractivity contribution in [3.63, 3.8) is 0 Å². The predicted octanol–water partition coefficient (Wildman–Crippen LogP) is 3.01. The summed E-state index contributed by atoms with van der Waals surface area (Å²) in [5.41, 5.74) is 0.881. The number of hydrogen-bond acceptors (Lipinski definition) is 8. The molecule has 2 aliphatic heterocycles. The highest BCUT2D eigenvalue weighted by molar-refractivity contribution is 6.28. The van der Waals surface area contributed by atoms with Crippen LogP contribution in [0.15, 0.2) is 11.6 Å². The van der Waals surface area contributed by atoms with Crippen LogP contribution in [-0.4, -0.2) is 92.3 Å². The molecule has 3 unspecified atom stereocenters. The molecule has 1 saturated carbocycles. The number of carbonyl (C=O) groups excluding carboxylic acids is 3. The van der Waals surface area contributed by atoms with Gasteiger partial charge in [0.1, 0.15) is 24.7 Å². The summed E-state index contributed by atoms with van der Waals surface area (Å²) >= 11 is 5.38. The number of alkyl halides is 1. The van der Waals surface area contributed by atoms with Crippen LogP contribution < -0.4 is 5.32 Å². The molecule has 0 aromatic rings. The van der Waals surface area contributed by atoms with Gasteiger partial charge >= 0.3 is 12.2 Å². The van der Waals surface area contributed by atoms with Crippen LogP contribution in [0.3, 0.4) is 0 Å². The molecule has 11 heteroatoms. The third-order valence-corrected chi connectivity index (χ3v) is 7.20. The van der Waals surface area contributed by atoms with E-state index in [2.05, 4.69) is 0 Å². The van der Waals surface area contributed by atoms with Crippen molar-refractivity contribution in [2.75, 3.05) is 39.4 Å². The number of hydrogen-bond donors (Lipinski definition) is 1. The lowest BCUT2D eigenvalue weighted by Gasteiger charge is -2.43. The number of nitrogens with zero attached hydrogens (tertiary/aromatic N) is 1. The number of halogens is 1. The Morgan fingerprint density at radius 3 is 2.66 bits per heavy atom. The van der Waals surface area contributed by atoms with Crippen molar-refractivity contribution in [3.05, 3.63) is 11.6 Å². The van der Waals surface area contributed by atoms with Crippen molar-refractivity contribution in [2.24, 2.45) is 5.92 Å². The van der Waals surface area contributed by atoms with Crippen LogP contribution in [-0.2, 0) is 28.5 Å². The van der Waals surface area contributed by atoms with Crippen molar-refractivity contribution in [3.8, 4) is 0 Å². The highest BCUT2D eigenvalue weighted by atomic mass is 35.5. The lowest BCUT2D eigenvalue weighted by Crippen LogP contribution is -2.55. The minimum absolute atomic E-state index is 0.0380. The first kappa shape index (κ1) is 27.7. The molecule has 6 atom stereocenters. The third-order valence-electron chi connectivity index (χ3n) is 6.96. The lowest BCUT2D eigenvalue weighted by atomic mass is 9.73. The van der Waals surface area contributed by atoms with Gasteiger partial charge in [0, 0.05) is 19.6 Å². The summed E-state index contributed by atoms with van der Waals surface area (Å²) in [5, 5.41) is 2.02. The van der Waals surface area contributed by atoms with Crippen LogP contribution in [0.1, 0.15) is 46.5 Å². The van der Waals surface area contributed by atoms with Gasteiger partial charge in [-0.15, -0.1) is 11.6 Å². The summed E-state index contributed by atoms with van der Waals surface area (Å²) in [6.45, 7) is 7.66. The van der Waals surface area contributed by atoms with Crippen LogP contribution in [0.4, 0.5) is 9.59 Å². The van der Waals surface area contributed by atoms with Crippen molar-refractivity contribution in [2.45, 2.75) is 76.4 Å².